The van der Waals surface area contributed by atoms with Crippen LogP contribution in [0.25, 0.3) is 5.69 Å². The maximum absolute atomic E-state index is 13.5. The van der Waals surface area contributed by atoms with Gasteiger partial charge in [0.15, 0.2) is 0 Å². The van der Waals surface area contributed by atoms with E-state index >= 15 is 0 Å². The Bertz CT molecular complexity index is 1420. The molecule has 0 spiro atoms. The Labute approximate surface area is 225 Å². The maximum atomic E-state index is 13.5. The summed E-state index contributed by atoms with van der Waals surface area (Å²) in [5.74, 6) is 0.104. The third kappa shape index (κ3) is 5.48. The van der Waals surface area contributed by atoms with Crippen LogP contribution in [0.1, 0.15) is 27.2 Å². The third-order valence-electron chi connectivity index (χ3n) is 7.13. The molecule has 0 bridgehead atoms. The van der Waals surface area contributed by atoms with Crippen molar-refractivity contribution >= 4 is 21.8 Å². The van der Waals surface area contributed by atoms with Gasteiger partial charge in [-0.05, 0) is 58.1 Å². The molecule has 1 amide bonds. The standard InChI is InChI=1S/C30H31BrN4O2/c1-32-27(28(31)30(37)35(32)25-13-6-3-7-14-25)22-33-18-20-34(21-19-33)29(36)26-15-9-8-12-24(26)17-16-23-10-4-2-5-11-23/h2-15H,16-22H2,1H3. The number of carbonyl (C=O) groups is 1. The van der Waals surface area contributed by atoms with Gasteiger partial charge in [-0.2, -0.15) is 0 Å². The zero-order chi connectivity index (χ0) is 25.8. The van der Waals surface area contributed by atoms with Gasteiger partial charge in [-0.25, -0.2) is 4.68 Å². The number of nitrogens with zero attached hydrogens (tertiary/aromatic N) is 4. The van der Waals surface area contributed by atoms with Crippen LogP contribution >= 0.6 is 15.9 Å². The van der Waals surface area contributed by atoms with Crippen molar-refractivity contribution in [2.24, 2.45) is 7.05 Å². The Balaban J connectivity index is 1.24. The second kappa shape index (κ2) is 11.3. The molecule has 5 rings (SSSR count). The number of hydrogen-bond acceptors (Lipinski definition) is 3. The third-order valence-corrected chi connectivity index (χ3v) is 7.93. The first-order valence-electron chi connectivity index (χ1n) is 12.7. The number of benzene rings is 3. The molecule has 7 heteroatoms. The van der Waals surface area contributed by atoms with Crippen LogP contribution in [0.5, 0.6) is 0 Å². The highest BCUT2D eigenvalue weighted by molar-refractivity contribution is 9.10. The van der Waals surface area contributed by atoms with Gasteiger partial charge < -0.3 is 4.90 Å². The van der Waals surface area contributed by atoms with Crippen LogP contribution in [0.15, 0.2) is 94.2 Å². The van der Waals surface area contributed by atoms with E-state index in [9.17, 15) is 9.59 Å². The second-order valence-electron chi connectivity index (χ2n) is 9.45. The largest absolute Gasteiger partial charge is 0.336 e. The lowest BCUT2D eigenvalue weighted by molar-refractivity contribution is 0.0624. The van der Waals surface area contributed by atoms with E-state index in [2.05, 4.69) is 51.2 Å². The summed E-state index contributed by atoms with van der Waals surface area (Å²) in [5.41, 5.74) is 4.88. The summed E-state index contributed by atoms with van der Waals surface area (Å²) < 4.78 is 4.19. The number of carbonyl (C=O) groups excluding carboxylic acids is 1. The van der Waals surface area contributed by atoms with Gasteiger partial charge in [0.05, 0.1) is 11.4 Å². The molecule has 0 atom stereocenters. The lowest BCUT2D eigenvalue weighted by Crippen LogP contribution is -2.48. The van der Waals surface area contributed by atoms with Crippen molar-refractivity contribution in [1.82, 2.24) is 19.2 Å². The number of rotatable bonds is 7. The fourth-order valence-corrected chi connectivity index (χ4v) is 5.56. The first-order valence-corrected chi connectivity index (χ1v) is 13.5. The highest BCUT2D eigenvalue weighted by Crippen LogP contribution is 2.20. The fourth-order valence-electron chi connectivity index (χ4n) is 5.01. The molecule has 1 fully saturated rings. The molecule has 4 aromatic rings. The molecule has 0 N–H and O–H groups in total. The number of halogens is 1. The zero-order valence-corrected chi connectivity index (χ0v) is 22.6. The molecule has 1 aliphatic rings. The number of para-hydroxylation sites is 1. The molecule has 0 unspecified atom stereocenters. The molecule has 0 aliphatic carbocycles. The minimum Gasteiger partial charge on any atom is -0.336 e. The molecule has 0 saturated carbocycles. The Kier molecular flexibility index (Phi) is 7.72. The predicted octanol–water partition coefficient (Wildman–Crippen LogP) is 4.68. The van der Waals surface area contributed by atoms with E-state index in [1.807, 2.05) is 71.2 Å². The quantitative estimate of drug-likeness (QED) is 0.331. The molecule has 3 aromatic carbocycles. The van der Waals surface area contributed by atoms with Crippen molar-refractivity contribution < 1.29 is 4.79 Å². The molecular weight excluding hydrogens is 528 g/mol. The van der Waals surface area contributed by atoms with Crippen LogP contribution in [0.2, 0.25) is 0 Å². The van der Waals surface area contributed by atoms with Crippen LogP contribution in [0, 0.1) is 0 Å². The van der Waals surface area contributed by atoms with E-state index in [-0.39, 0.29) is 11.5 Å². The van der Waals surface area contributed by atoms with Crippen molar-refractivity contribution in [3.05, 3.63) is 122 Å². The lowest BCUT2D eigenvalue weighted by atomic mass is 9.99. The zero-order valence-electron chi connectivity index (χ0n) is 21.0. The first-order chi connectivity index (χ1) is 18.0. The minimum atomic E-state index is -0.0652. The average Bonchev–Trinajstić information content (AvgIpc) is 3.16. The SMILES string of the molecule is Cn1c(CN2CCN(C(=O)c3ccccc3CCc3ccccc3)CC2)c(Br)c(=O)n1-c1ccccc1. The molecule has 1 aliphatic heterocycles. The number of amides is 1. The monoisotopic (exact) mass is 558 g/mol. The van der Waals surface area contributed by atoms with Gasteiger partial charge in [-0.15, -0.1) is 0 Å². The van der Waals surface area contributed by atoms with Crippen molar-refractivity contribution in [3.8, 4) is 5.69 Å². The fraction of sp³-hybridized carbons (Fsp3) is 0.267. The summed E-state index contributed by atoms with van der Waals surface area (Å²) in [4.78, 5) is 30.7. The van der Waals surface area contributed by atoms with Crippen LogP contribution < -0.4 is 5.56 Å². The predicted molar refractivity (Wildman–Crippen MR) is 150 cm³/mol. The first kappa shape index (κ1) is 25.2. The molecule has 190 valence electrons. The summed E-state index contributed by atoms with van der Waals surface area (Å²) in [6.45, 7) is 3.49. The Hall–Kier alpha value is -3.42. The minimum absolute atomic E-state index is 0.0652. The van der Waals surface area contributed by atoms with Gasteiger partial charge in [0.1, 0.15) is 4.47 Å². The van der Waals surface area contributed by atoms with Crippen molar-refractivity contribution in [2.45, 2.75) is 19.4 Å². The van der Waals surface area contributed by atoms with E-state index in [0.29, 0.717) is 24.1 Å². The molecule has 2 heterocycles. The Morgan fingerprint density at radius 3 is 2.14 bits per heavy atom. The van der Waals surface area contributed by atoms with E-state index in [0.717, 1.165) is 48.4 Å². The summed E-state index contributed by atoms with van der Waals surface area (Å²) in [6, 6.07) is 28.0. The van der Waals surface area contributed by atoms with Crippen LogP contribution in [-0.2, 0) is 26.4 Å². The number of hydrogen-bond donors (Lipinski definition) is 0. The van der Waals surface area contributed by atoms with Crippen molar-refractivity contribution in [1.29, 1.82) is 0 Å². The maximum Gasteiger partial charge on any atom is 0.286 e. The highest BCUT2D eigenvalue weighted by atomic mass is 79.9. The smallest absolute Gasteiger partial charge is 0.286 e. The summed E-state index contributed by atoms with van der Waals surface area (Å²) >= 11 is 3.54. The highest BCUT2D eigenvalue weighted by Gasteiger charge is 2.26. The lowest BCUT2D eigenvalue weighted by Gasteiger charge is -2.35. The van der Waals surface area contributed by atoms with E-state index in [1.54, 1.807) is 4.68 Å². The molecule has 6 nitrogen and oxygen atoms in total. The Morgan fingerprint density at radius 1 is 0.811 bits per heavy atom. The summed E-state index contributed by atoms with van der Waals surface area (Å²) in [5, 5.41) is 0. The van der Waals surface area contributed by atoms with Crippen molar-refractivity contribution in [3.63, 3.8) is 0 Å². The molecular formula is C30H31BrN4O2. The molecule has 1 aromatic heterocycles. The van der Waals surface area contributed by atoms with Crippen molar-refractivity contribution in [2.75, 3.05) is 26.2 Å². The van der Waals surface area contributed by atoms with E-state index in [4.69, 9.17) is 0 Å². The van der Waals surface area contributed by atoms with Gasteiger partial charge in [-0.1, -0.05) is 66.7 Å². The average molecular weight is 560 g/mol. The van der Waals surface area contributed by atoms with E-state index < -0.39 is 0 Å². The topological polar surface area (TPSA) is 50.5 Å². The van der Waals surface area contributed by atoms with Gasteiger partial charge >= 0.3 is 0 Å². The molecule has 0 radical (unpaired) electrons. The normalized spacial score (nSPS) is 14.2. The molecule has 1 saturated heterocycles. The summed E-state index contributed by atoms with van der Waals surface area (Å²) in [6.07, 6.45) is 1.75. The second-order valence-corrected chi connectivity index (χ2v) is 10.2. The summed E-state index contributed by atoms with van der Waals surface area (Å²) in [7, 11) is 1.92. The van der Waals surface area contributed by atoms with Crippen LogP contribution in [0.4, 0.5) is 0 Å². The number of aryl methyl sites for hydroxylation is 2. The number of aromatic nitrogens is 2. The number of piperazine rings is 1. The van der Waals surface area contributed by atoms with Crippen LogP contribution in [-0.4, -0.2) is 51.2 Å². The van der Waals surface area contributed by atoms with Gasteiger partial charge in [-0.3, -0.25) is 19.2 Å². The van der Waals surface area contributed by atoms with Gasteiger partial charge in [0.25, 0.3) is 11.5 Å². The Morgan fingerprint density at radius 2 is 1.43 bits per heavy atom. The van der Waals surface area contributed by atoms with Crippen LogP contribution in [0.3, 0.4) is 0 Å². The van der Waals surface area contributed by atoms with Gasteiger partial charge in [0, 0.05) is 45.3 Å². The van der Waals surface area contributed by atoms with Gasteiger partial charge in [0.2, 0.25) is 0 Å². The molecule has 37 heavy (non-hydrogen) atoms. The van der Waals surface area contributed by atoms with E-state index in [1.165, 1.54) is 5.56 Å².